The highest BCUT2D eigenvalue weighted by atomic mass is 32.1. The first-order valence-corrected chi connectivity index (χ1v) is 6.62. The van der Waals surface area contributed by atoms with Crippen molar-refractivity contribution in [1.29, 1.82) is 0 Å². The van der Waals surface area contributed by atoms with Gasteiger partial charge in [-0.05, 0) is 18.4 Å². The number of thiophene rings is 1. The summed E-state index contributed by atoms with van der Waals surface area (Å²) in [6, 6.07) is 3.80. The number of hydrogen-bond donors (Lipinski definition) is 0. The van der Waals surface area contributed by atoms with Crippen LogP contribution in [0.15, 0.2) is 30.2 Å². The molecule has 1 amide bonds. The number of hydrogen-bond acceptors (Lipinski definition) is 4. The van der Waals surface area contributed by atoms with Gasteiger partial charge >= 0.3 is 5.97 Å². The van der Waals surface area contributed by atoms with E-state index in [-0.39, 0.29) is 18.4 Å². The van der Waals surface area contributed by atoms with Gasteiger partial charge in [-0.1, -0.05) is 12.1 Å². The Labute approximate surface area is 111 Å². The summed E-state index contributed by atoms with van der Waals surface area (Å²) in [5.41, 5.74) is 0. The van der Waals surface area contributed by atoms with Crippen LogP contribution < -0.4 is 0 Å². The first-order valence-electron chi connectivity index (χ1n) is 5.74. The number of carbonyl (C=O) groups is 2. The number of rotatable bonds is 7. The minimum atomic E-state index is -0.390. The van der Waals surface area contributed by atoms with E-state index in [1.807, 2.05) is 17.5 Å². The van der Waals surface area contributed by atoms with Gasteiger partial charge in [0.05, 0.1) is 13.0 Å². The molecule has 0 radical (unpaired) electrons. The second kappa shape index (κ2) is 7.66. The van der Waals surface area contributed by atoms with E-state index in [1.165, 1.54) is 16.2 Å². The zero-order chi connectivity index (χ0) is 13.4. The van der Waals surface area contributed by atoms with Crippen LogP contribution in [0.5, 0.6) is 0 Å². The molecule has 0 atom stereocenters. The summed E-state index contributed by atoms with van der Waals surface area (Å²) in [7, 11) is 0. The lowest BCUT2D eigenvalue weighted by Crippen LogP contribution is -2.37. The molecule has 18 heavy (non-hydrogen) atoms. The molecule has 1 rings (SSSR count). The monoisotopic (exact) mass is 267 g/mol. The van der Waals surface area contributed by atoms with Gasteiger partial charge in [0.25, 0.3) is 0 Å². The minimum absolute atomic E-state index is 0.0237. The molecule has 0 unspecified atom stereocenters. The lowest BCUT2D eigenvalue weighted by molar-refractivity contribution is -0.148. The van der Waals surface area contributed by atoms with Crippen LogP contribution in [0.1, 0.15) is 11.8 Å². The molecule has 0 aliphatic carbocycles. The van der Waals surface area contributed by atoms with Crippen LogP contribution >= 0.6 is 11.3 Å². The van der Waals surface area contributed by atoms with E-state index in [0.29, 0.717) is 19.6 Å². The summed E-state index contributed by atoms with van der Waals surface area (Å²) < 4.78 is 4.84. The summed E-state index contributed by atoms with van der Waals surface area (Å²) in [6.45, 7) is 5.97. The first-order chi connectivity index (χ1) is 8.67. The molecular formula is C13H17NO3S. The Morgan fingerprint density at radius 2 is 2.33 bits per heavy atom. The highest BCUT2D eigenvalue weighted by Gasteiger charge is 2.17. The smallest absolute Gasteiger partial charge is 0.325 e. The summed E-state index contributed by atoms with van der Waals surface area (Å²) in [5.74, 6) is -0.482. The Bertz CT molecular complexity index is 400. The van der Waals surface area contributed by atoms with Gasteiger partial charge in [0.15, 0.2) is 0 Å². The highest BCUT2D eigenvalue weighted by Crippen LogP contribution is 2.10. The van der Waals surface area contributed by atoms with Crippen LogP contribution in [0.2, 0.25) is 0 Å². The normalized spacial score (nSPS) is 9.83. The Morgan fingerprint density at radius 3 is 2.89 bits per heavy atom. The number of amides is 1. The maximum Gasteiger partial charge on any atom is 0.325 e. The molecule has 98 valence electrons. The topological polar surface area (TPSA) is 46.6 Å². The van der Waals surface area contributed by atoms with E-state index in [1.54, 1.807) is 13.0 Å². The molecule has 0 spiro atoms. The van der Waals surface area contributed by atoms with Crippen LogP contribution in [0, 0.1) is 0 Å². The van der Waals surface area contributed by atoms with Crippen LogP contribution in [-0.2, 0) is 20.7 Å². The van der Waals surface area contributed by atoms with Crippen molar-refractivity contribution in [3.63, 3.8) is 0 Å². The van der Waals surface area contributed by atoms with Crippen LogP contribution in [-0.4, -0.2) is 36.5 Å². The Balaban J connectivity index is 2.57. The lowest BCUT2D eigenvalue weighted by atomic mass is 10.3. The highest BCUT2D eigenvalue weighted by molar-refractivity contribution is 7.10. The SMILES string of the molecule is C=CCN(CC(=O)OCC)C(=O)Cc1cccs1. The largest absolute Gasteiger partial charge is 0.465 e. The van der Waals surface area contributed by atoms with E-state index in [4.69, 9.17) is 4.74 Å². The number of ether oxygens (including phenoxy) is 1. The number of carbonyl (C=O) groups excluding carboxylic acids is 2. The Hall–Kier alpha value is -1.62. The summed E-state index contributed by atoms with van der Waals surface area (Å²) in [6.07, 6.45) is 1.91. The maximum atomic E-state index is 12.0. The molecule has 1 aromatic rings. The minimum Gasteiger partial charge on any atom is -0.465 e. The molecule has 1 aromatic heterocycles. The van der Waals surface area contributed by atoms with Gasteiger partial charge in [0, 0.05) is 11.4 Å². The van der Waals surface area contributed by atoms with Crippen molar-refractivity contribution in [2.75, 3.05) is 19.7 Å². The molecule has 1 heterocycles. The van der Waals surface area contributed by atoms with Gasteiger partial charge in [0.2, 0.25) is 5.91 Å². The molecular weight excluding hydrogens is 250 g/mol. The van der Waals surface area contributed by atoms with Crippen molar-refractivity contribution in [2.24, 2.45) is 0 Å². The average Bonchev–Trinajstić information content (AvgIpc) is 2.81. The fraction of sp³-hybridized carbons (Fsp3) is 0.385. The van der Waals surface area contributed by atoms with Crippen LogP contribution in [0.4, 0.5) is 0 Å². The second-order valence-corrected chi connectivity index (χ2v) is 4.66. The predicted molar refractivity (Wildman–Crippen MR) is 71.4 cm³/mol. The van der Waals surface area contributed by atoms with Crippen molar-refractivity contribution in [3.05, 3.63) is 35.0 Å². The fourth-order valence-corrected chi connectivity index (χ4v) is 2.14. The molecule has 0 N–H and O–H groups in total. The van der Waals surface area contributed by atoms with Gasteiger partial charge in [-0.15, -0.1) is 17.9 Å². The van der Waals surface area contributed by atoms with E-state index >= 15 is 0 Å². The van der Waals surface area contributed by atoms with Crippen LogP contribution in [0.3, 0.4) is 0 Å². The molecule has 0 bridgehead atoms. The number of esters is 1. The van der Waals surface area contributed by atoms with E-state index < -0.39 is 0 Å². The van der Waals surface area contributed by atoms with Gasteiger partial charge in [-0.3, -0.25) is 9.59 Å². The molecule has 5 heteroatoms. The predicted octanol–water partition coefficient (Wildman–Crippen LogP) is 1.87. The molecule has 0 aliphatic rings. The fourth-order valence-electron chi connectivity index (χ4n) is 1.45. The molecule has 0 aliphatic heterocycles. The lowest BCUT2D eigenvalue weighted by Gasteiger charge is -2.19. The zero-order valence-electron chi connectivity index (χ0n) is 10.4. The van der Waals surface area contributed by atoms with Crippen molar-refractivity contribution >= 4 is 23.2 Å². The van der Waals surface area contributed by atoms with Gasteiger partial charge < -0.3 is 9.64 Å². The van der Waals surface area contributed by atoms with Crippen molar-refractivity contribution < 1.29 is 14.3 Å². The van der Waals surface area contributed by atoms with Crippen LogP contribution in [0.25, 0.3) is 0 Å². The molecule has 0 aromatic carbocycles. The molecule has 0 saturated heterocycles. The van der Waals surface area contributed by atoms with Gasteiger partial charge in [0.1, 0.15) is 6.54 Å². The van der Waals surface area contributed by atoms with E-state index in [9.17, 15) is 9.59 Å². The molecule has 0 saturated carbocycles. The standard InChI is InChI=1S/C13H17NO3S/c1-3-7-14(10-13(16)17-4-2)12(15)9-11-6-5-8-18-11/h3,5-6,8H,1,4,7,9-10H2,2H3. The Kier molecular flexibility index (Phi) is 6.14. The van der Waals surface area contributed by atoms with Gasteiger partial charge in [-0.25, -0.2) is 0 Å². The quantitative estimate of drug-likeness (QED) is 0.559. The summed E-state index contributed by atoms with van der Waals surface area (Å²) >= 11 is 1.53. The zero-order valence-corrected chi connectivity index (χ0v) is 11.2. The van der Waals surface area contributed by atoms with Crippen molar-refractivity contribution in [3.8, 4) is 0 Å². The number of nitrogens with zero attached hydrogens (tertiary/aromatic N) is 1. The third-order valence-electron chi connectivity index (χ3n) is 2.23. The average molecular weight is 267 g/mol. The van der Waals surface area contributed by atoms with Crippen molar-refractivity contribution in [1.82, 2.24) is 4.90 Å². The first kappa shape index (κ1) is 14.4. The maximum absolute atomic E-state index is 12.0. The van der Waals surface area contributed by atoms with E-state index in [0.717, 1.165) is 4.88 Å². The third kappa shape index (κ3) is 4.71. The molecule has 0 fully saturated rings. The summed E-state index contributed by atoms with van der Waals surface area (Å²) in [5, 5.41) is 1.92. The summed E-state index contributed by atoms with van der Waals surface area (Å²) in [4.78, 5) is 25.8. The van der Waals surface area contributed by atoms with Crippen molar-refractivity contribution in [2.45, 2.75) is 13.3 Å². The van der Waals surface area contributed by atoms with Gasteiger partial charge in [-0.2, -0.15) is 0 Å². The second-order valence-electron chi connectivity index (χ2n) is 3.62. The Morgan fingerprint density at radius 1 is 1.56 bits per heavy atom. The van der Waals surface area contributed by atoms with E-state index in [2.05, 4.69) is 6.58 Å². The molecule has 4 nitrogen and oxygen atoms in total. The third-order valence-corrected chi connectivity index (χ3v) is 3.11.